The maximum absolute atomic E-state index is 6.01. The van der Waals surface area contributed by atoms with Gasteiger partial charge in [0, 0.05) is 24.7 Å². The van der Waals surface area contributed by atoms with E-state index >= 15 is 0 Å². The molecule has 1 aliphatic carbocycles. The van der Waals surface area contributed by atoms with E-state index in [1.807, 2.05) is 43.7 Å². The van der Waals surface area contributed by atoms with Crippen molar-refractivity contribution in [2.24, 2.45) is 16.6 Å². The predicted molar refractivity (Wildman–Crippen MR) is 124 cm³/mol. The summed E-state index contributed by atoms with van der Waals surface area (Å²) in [5.74, 6) is 0.951. The van der Waals surface area contributed by atoms with E-state index in [9.17, 15) is 0 Å². The van der Waals surface area contributed by atoms with E-state index in [1.165, 1.54) is 5.56 Å². The molecule has 5 rings (SSSR count). The fraction of sp³-hybridized carbons (Fsp3) is 0.280. The van der Waals surface area contributed by atoms with Crippen LogP contribution in [0.15, 0.2) is 66.0 Å². The summed E-state index contributed by atoms with van der Waals surface area (Å²) in [5.41, 5.74) is 12.0. The Hall–Kier alpha value is -3.38. The lowest BCUT2D eigenvalue weighted by Gasteiger charge is -2.22. The van der Waals surface area contributed by atoms with Crippen LogP contribution in [0.3, 0.4) is 0 Å². The van der Waals surface area contributed by atoms with E-state index in [-0.39, 0.29) is 0 Å². The van der Waals surface area contributed by atoms with E-state index in [2.05, 4.69) is 49.8 Å². The molecule has 0 saturated heterocycles. The minimum atomic E-state index is 0.337. The molecule has 6 heteroatoms. The molecule has 0 radical (unpaired) electrons. The number of aliphatic imine (C=N–C) groups is 1. The van der Waals surface area contributed by atoms with Crippen LogP contribution in [-0.4, -0.2) is 31.6 Å². The van der Waals surface area contributed by atoms with Gasteiger partial charge in [-0.05, 0) is 67.3 Å². The van der Waals surface area contributed by atoms with Gasteiger partial charge in [-0.15, -0.1) is 0 Å². The third-order valence-corrected chi connectivity index (χ3v) is 6.04. The lowest BCUT2D eigenvalue weighted by atomic mass is 9.87. The zero-order valence-corrected chi connectivity index (χ0v) is 17.6. The molecular formula is C25H26N6. The van der Waals surface area contributed by atoms with Crippen LogP contribution in [0.1, 0.15) is 31.2 Å². The summed E-state index contributed by atoms with van der Waals surface area (Å²) in [5, 5.41) is 0. The van der Waals surface area contributed by atoms with Gasteiger partial charge in [0.05, 0.1) is 17.6 Å². The van der Waals surface area contributed by atoms with Gasteiger partial charge in [-0.2, -0.15) is 0 Å². The second-order valence-electron chi connectivity index (χ2n) is 8.31. The minimum Gasteiger partial charge on any atom is -0.328 e. The van der Waals surface area contributed by atoms with Crippen molar-refractivity contribution in [3.05, 3.63) is 66.6 Å². The van der Waals surface area contributed by atoms with Gasteiger partial charge in [0.1, 0.15) is 5.65 Å². The SMILES string of the molecule is Cc1cnc(/N=C/C2CCC(N)CC2)nc1-c1cnc2cc(-c3ccccc3)ccn12. The first-order valence-corrected chi connectivity index (χ1v) is 10.8. The van der Waals surface area contributed by atoms with Gasteiger partial charge in [0.15, 0.2) is 0 Å². The second-order valence-corrected chi connectivity index (χ2v) is 8.31. The Kier molecular flexibility index (Phi) is 5.30. The molecule has 1 aliphatic rings. The van der Waals surface area contributed by atoms with Crippen LogP contribution in [0.25, 0.3) is 28.2 Å². The summed E-state index contributed by atoms with van der Waals surface area (Å²) in [6.45, 7) is 2.02. The van der Waals surface area contributed by atoms with Crippen molar-refractivity contribution in [2.45, 2.75) is 38.6 Å². The number of aromatic nitrogens is 4. The van der Waals surface area contributed by atoms with Crippen molar-refractivity contribution in [3.8, 4) is 22.5 Å². The van der Waals surface area contributed by atoms with E-state index in [4.69, 9.17) is 10.7 Å². The molecule has 1 fully saturated rings. The Balaban J connectivity index is 1.45. The molecule has 1 aromatic carbocycles. The maximum Gasteiger partial charge on any atom is 0.249 e. The number of hydrogen-bond acceptors (Lipinski definition) is 5. The van der Waals surface area contributed by atoms with Crippen LogP contribution in [0.2, 0.25) is 0 Å². The molecule has 0 spiro atoms. The molecule has 1 saturated carbocycles. The van der Waals surface area contributed by atoms with Gasteiger partial charge in [-0.3, -0.25) is 4.40 Å². The van der Waals surface area contributed by atoms with Gasteiger partial charge in [0.25, 0.3) is 0 Å². The number of hydrogen-bond donors (Lipinski definition) is 1. The number of pyridine rings is 1. The maximum atomic E-state index is 6.01. The molecule has 0 aliphatic heterocycles. The van der Waals surface area contributed by atoms with Gasteiger partial charge in [-0.25, -0.2) is 19.9 Å². The molecule has 0 amide bonds. The molecule has 3 heterocycles. The fourth-order valence-corrected chi connectivity index (χ4v) is 4.19. The number of nitrogens with zero attached hydrogens (tertiary/aromatic N) is 5. The monoisotopic (exact) mass is 410 g/mol. The first-order chi connectivity index (χ1) is 15.2. The Morgan fingerprint density at radius 1 is 1.00 bits per heavy atom. The highest BCUT2D eigenvalue weighted by atomic mass is 15.1. The van der Waals surface area contributed by atoms with Crippen molar-refractivity contribution >= 4 is 17.8 Å². The third-order valence-electron chi connectivity index (χ3n) is 6.04. The molecule has 0 unspecified atom stereocenters. The molecule has 0 atom stereocenters. The Morgan fingerprint density at radius 3 is 2.61 bits per heavy atom. The van der Waals surface area contributed by atoms with Gasteiger partial charge in [-0.1, -0.05) is 30.3 Å². The van der Waals surface area contributed by atoms with E-state index < -0.39 is 0 Å². The topological polar surface area (TPSA) is 81.5 Å². The van der Waals surface area contributed by atoms with E-state index in [0.29, 0.717) is 17.9 Å². The lowest BCUT2D eigenvalue weighted by molar-refractivity contribution is 0.396. The smallest absolute Gasteiger partial charge is 0.249 e. The van der Waals surface area contributed by atoms with Crippen LogP contribution in [-0.2, 0) is 0 Å². The second kappa shape index (κ2) is 8.40. The van der Waals surface area contributed by atoms with Crippen molar-refractivity contribution in [2.75, 3.05) is 0 Å². The van der Waals surface area contributed by atoms with E-state index in [0.717, 1.165) is 53.8 Å². The normalized spacial score (nSPS) is 19.3. The molecule has 3 aromatic heterocycles. The molecular weight excluding hydrogens is 384 g/mol. The Bertz CT molecular complexity index is 1220. The summed E-state index contributed by atoms with van der Waals surface area (Å²) in [6, 6.07) is 14.9. The lowest BCUT2D eigenvalue weighted by Crippen LogP contribution is -2.26. The van der Waals surface area contributed by atoms with Crippen molar-refractivity contribution in [1.29, 1.82) is 0 Å². The highest BCUT2D eigenvalue weighted by molar-refractivity contribution is 5.71. The quantitative estimate of drug-likeness (QED) is 0.481. The highest BCUT2D eigenvalue weighted by Gasteiger charge is 2.17. The number of rotatable bonds is 4. The Morgan fingerprint density at radius 2 is 1.81 bits per heavy atom. The molecule has 6 nitrogen and oxygen atoms in total. The van der Waals surface area contributed by atoms with Crippen LogP contribution in [0.4, 0.5) is 5.95 Å². The van der Waals surface area contributed by atoms with Crippen molar-refractivity contribution < 1.29 is 0 Å². The Labute approximate surface area is 181 Å². The molecule has 0 bridgehead atoms. The summed E-state index contributed by atoms with van der Waals surface area (Å²) < 4.78 is 2.07. The summed E-state index contributed by atoms with van der Waals surface area (Å²) in [7, 11) is 0. The van der Waals surface area contributed by atoms with Crippen LogP contribution >= 0.6 is 0 Å². The number of benzene rings is 1. The summed E-state index contributed by atoms with van der Waals surface area (Å²) in [4.78, 5) is 18.4. The average molecular weight is 411 g/mol. The van der Waals surface area contributed by atoms with Crippen LogP contribution in [0.5, 0.6) is 0 Å². The van der Waals surface area contributed by atoms with Crippen molar-refractivity contribution in [3.63, 3.8) is 0 Å². The molecule has 31 heavy (non-hydrogen) atoms. The first-order valence-electron chi connectivity index (χ1n) is 10.8. The van der Waals surface area contributed by atoms with Crippen LogP contribution < -0.4 is 5.73 Å². The number of nitrogens with two attached hydrogens (primary N) is 1. The number of aryl methyl sites for hydroxylation is 1. The highest BCUT2D eigenvalue weighted by Crippen LogP contribution is 2.27. The average Bonchev–Trinajstić information content (AvgIpc) is 3.23. The first kappa shape index (κ1) is 19.6. The zero-order valence-electron chi connectivity index (χ0n) is 17.6. The van der Waals surface area contributed by atoms with Crippen LogP contribution in [0, 0.1) is 12.8 Å². The fourth-order valence-electron chi connectivity index (χ4n) is 4.19. The third kappa shape index (κ3) is 4.11. The van der Waals surface area contributed by atoms with Gasteiger partial charge >= 0.3 is 0 Å². The predicted octanol–water partition coefficient (Wildman–Crippen LogP) is 4.99. The molecule has 156 valence electrons. The number of imidazole rings is 1. The zero-order chi connectivity index (χ0) is 21.2. The largest absolute Gasteiger partial charge is 0.328 e. The number of fused-ring (bicyclic) bond motifs is 1. The molecule has 4 aromatic rings. The van der Waals surface area contributed by atoms with E-state index in [1.54, 1.807) is 0 Å². The van der Waals surface area contributed by atoms with Gasteiger partial charge in [0.2, 0.25) is 5.95 Å². The minimum absolute atomic E-state index is 0.337. The summed E-state index contributed by atoms with van der Waals surface area (Å²) in [6.07, 6.45) is 12.0. The summed E-state index contributed by atoms with van der Waals surface area (Å²) >= 11 is 0. The molecule has 2 N–H and O–H groups in total. The standard InChI is InChI=1S/C25H26N6/c1-17-14-28-25(29-15-18-7-9-21(26)10-8-18)30-24(17)22-16-27-23-13-20(11-12-31(22)23)19-5-3-2-4-6-19/h2-6,11-16,18,21H,7-10,26H2,1H3/b29-15+. The van der Waals surface area contributed by atoms with Gasteiger partial charge < -0.3 is 5.73 Å². The van der Waals surface area contributed by atoms with Crippen molar-refractivity contribution in [1.82, 2.24) is 19.4 Å².